The Morgan fingerprint density at radius 2 is 2.10 bits per heavy atom. The van der Waals surface area contributed by atoms with Crippen LogP contribution in [0.3, 0.4) is 0 Å². The van der Waals surface area contributed by atoms with Gasteiger partial charge in [-0.3, -0.25) is 4.90 Å². The number of benzene rings is 1. The van der Waals surface area contributed by atoms with Gasteiger partial charge in [-0.25, -0.2) is 0 Å². The number of aromatic nitrogens is 2. The van der Waals surface area contributed by atoms with Crippen LogP contribution >= 0.6 is 0 Å². The van der Waals surface area contributed by atoms with Gasteiger partial charge in [-0.15, -0.1) is 10.2 Å². The van der Waals surface area contributed by atoms with E-state index < -0.39 is 0 Å². The molecule has 6 nitrogen and oxygen atoms in total. The van der Waals surface area contributed by atoms with Gasteiger partial charge < -0.3 is 14.3 Å². The van der Waals surface area contributed by atoms with Gasteiger partial charge in [0.25, 0.3) is 5.89 Å². The van der Waals surface area contributed by atoms with E-state index in [1.165, 1.54) is 0 Å². The van der Waals surface area contributed by atoms with Crippen molar-refractivity contribution < 1.29 is 14.3 Å². The molecule has 2 rings (SSSR count). The van der Waals surface area contributed by atoms with E-state index in [0.29, 0.717) is 24.1 Å². The SMILES string of the molecule is COc1ccccc1-c1nnc(CN(C)C(C)CO)o1. The molecular formula is C14H19N3O3. The number of nitrogens with zero attached hydrogens (tertiary/aromatic N) is 3. The molecule has 0 aliphatic rings. The predicted molar refractivity (Wildman–Crippen MR) is 74.3 cm³/mol. The second-order valence-corrected chi connectivity index (χ2v) is 4.65. The average molecular weight is 277 g/mol. The van der Waals surface area contributed by atoms with Crippen LogP contribution in [-0.2, 0) is 6.54 Å². The van der Waals surface area contributed by atoms with Gasteiger partial charge in [0, 0.05) is 6.04 Å². The lowest BCUT2D eigenvalue weighted by Crippen LogP contribution is -2.31. The van der Waals surface area contributed by atoms with Crippen molar-refractivity contribution in [1.82, 2.24) is 15.1 Å². The molecule has 1 atom stereocenters. The maximum absolute atomic E-state index is 9.11. The van der Waals surface area contributed by atoms with Gasteiger partial charge in [0.1, 0.15) is 5.75 Å². The van der Waals surface area contributed by atoms with Gasteiger partial charge in [-0.1, -0.05) is 12.1 Å². The van der Waals surface area contributed by atoms with Crippen LogP contribution in [-0.4, -0.2) is 47.0 Å². The van der Waals surface area contributed by atoms with Crippen LogP contribution in [0.1, 0.15) is 12.8 Å². The highest BCUT2D eigenvalue weighted by Crippen LogP contribution is 2.28. The summed E-state index contributed by atoms with van der Waals surface area (Å²) in [4.78, 5) is 1.94. The van der Waals surface area contributed by atoms with Crippen molar-refractivity contribution in [1.29, 1.82) is 0 Å². The Morgan fingerprint density at radius 1 is 1.35 bits per heavy atom. The summed E-state index contributed by atoms with van der Waals surface area (Å²) in [6, 6.07) is 7.53. The number of aliphatic hydroxyl groups excluding tert-OH is 1. The molecule has 1 N–H and O–H groups in total. The lowest BCUT2D eigenvalue weighted by Gasteiger charge is -2.20. The molecule has 20 heavy (non-hydrogen) atoms. The lowest BCUT2D eigenvalue weighted by atomic mass is 10.2. The standard InChI is InChI=1S/C14H19N3O3/c1-10(9-18)17(2)8-13-15-16-14(20-13)11-6-4-5-7-12(11)19-3/h4-7,10,18H,8-9H2,1-3H3. The molecule has 0 radical (unpaired) electrons. The molecule has 0 aliphatic carbocycles. The van der Waals surface area contributed by atoms with Gasteiger partial charge in [0.15, 0.2) is 0 Å². The molecule has 1 unspecified atom stereocenters. The number of ether oxygens (including phenoxy) is 1. The summed E-state index contributed by atoms with van der Waals surface area (Å²) in [5.41, 5.74) is 0.770. The highest BCUT2D eigenvalue weighted by atomic mass is 16.5. The van der Waals surface area contributed by atoms with Crippen LogP contribution in [0.5, 0.6) is 5.75 Å². The van der Waals surface area contributed by atoms with Gasteiger partial charge in [-0.05, 0) is 26.1 Å². The van der Waals surface area contributed by atoms with E-state index >= 15 is 0 Å². The first-order chi connectivity index (χ1) is 9.65. The molecular weight excluding hydrogens is 258 g/mol. The number of hydrogen-bond donors (Lipinski definition) is 1. The van der Waals surface area contributed by atoms with Crippen LogP contribution in [0.25, 0.3) is 11.5 Å². The Kier molecular flexibility index (Phi) is 4.70. The highest BCUT2D eigenvalue weighted by Gasteiger charge is 2.15. The zero-order chi connectivity index (χ0) is 14.5. The van der Waals surface area contributed by atoms with Crippen molar-refractivity contribution in [3.8, 4) is 17.2 Å². The van der Waals surface area contributed by atoms with Crippen molar-refractivity contribution >= 4 is 0 Å². The molecule has 0 aliphatic heterocycles. The second-order valence-electron chi connectivity index (χ2n) is 4.65. The monoisotopic (exact) mass is 277 g/mol. The quantitative estimate of drug-likeness (QED) is 0.864. The summed E-state index contributed by atoms with van der Waals surface area (Å²) >= 11 is 0. The third kappa shape index (κ3) is 3.15. The van der Waals surface area contributed by atoms with Crippen molar-refractivity contribution in [2.45, 2.75) is 19.5 Å². The van der Waals surface area contributed by atoms with Gasteiger partial charge in [-0.2, -0.15) is 0 Å². The first-order valence-electron chi connectivity index (χ1n) is 6.42. The largest absolute Gasteiger partial charge is 0.496 e. The molecule has 1 heterocycles. The minimum absolute atomic E-state index is 0.0385. The van der Waals surface area contributed by atoms with E-state index in [0.717, 1.165) is 5.56 Å². The normalized spacial score (nSPS) is 12.7. The number of rotatable bonds is 6. The van der Waals surface area contributed by atoms with Gasteiger partial charge in [0.2, 0.25) is 5.89 Å². The minimum atomic E-state index is 0.0385. The molecule has 0 fully saturated rings. The molecule has 108 valence electrons. The van der Waals surface area contributed by atoms with E-state index in [1.807, 2.05) is 43.1 Å². The van der Waals surface area contributed by atoms with E-state index in [2.05, 4.69) is 10.2 Å². The molecule has 6 heteroatoms. The number of para-hydroxylation sites is 1. The third-order valence-corrected chi connectivity index (χ3v) is 3.21. The maximum atomic E-state index is 9.11. The van der Waals surface area contributed by atoms with E-state index in [4.69, 9.17) is 14.3 Å². The zero-order valence-corrected chi connectivity index (χ0v) is 11.9. The van der Waals surface area contributed by atoms with Crippen LogP contribution < -0.4 is 4.74 Å². The Balaban J connectivity index is 2.16. The van der Waals surface area contributed by atoms with E-state index in [1.54, 1.807) is 7.11 Å². The highest BCUT2D eigenvalue weighted by molar-refractivity contribution is 5.62. The van der Waals surface area contributed by atoms with Crippen LogP contribution in [0.4, 0.5) is 0 Å². The zero-order valence-electron chi connectivity index (χ0n) is 11.9. The average Bonchev–Trinajstić information content (AvgIpc) is 2.94. The summed E-state index contributed by atoms with van der Waals surface area (Å²) in [6.45, 7) is 2.51. The summed E-state index contributed by atoms with van der Waals surface area (Å²) < 4.78 is 10.9. The molecule has 0 bridgehead atoms. The Labute approximate surface area is 118 Å². The Morgan fingerprint density at radius 3 is 2.80 bits per heavy atom. The Bertz CT molecular complexity index is 556. The van der Waals surface area contributed by atoms with Crippen LogP contribution in [0.15, 0.2) is 28.7 Å². The molecule has 2 aromatic rings. The topological polar surface area (TPSA) is 71.6 Å². The Hall–Kier alpha value is -1.92. The van der Waals surface area contributed by atoms with E-state index in [9.17, 15) is 0 Å². The number of likely N-dealkylation sites (N-methyl/N-ethyl adjacent to an activating group) is 1. The fraction of sp³-hybridized carbons (Fsp3) is 0.429. The minimum Gasteiger partial charge on any atom is -0.496 e. The molecule has 0 saturated carbocycles. The smallest absolute Gasteiger partial charge is 0.251 e. The molecule has 0 spiro atoms. The predicted octanol–water partition coefficient (Wildman–Crippen LogP) is 1.56. The van der Waals surface area contributed by atoms with Crippen molar-refractivity contribution in [3.63, 3.8) is 0 Å². The third-order valence-electron chi connectivity index (χ3n) is 3.21. The number of aliphatic hydroxyl groups is 1. The summed E-state index contributed by atoms with van der Waals surface area (Å²) in [6.07, 6.45) is 0. The maximum Gasteiger partial charge on any atom is 0.251 e. The van der Waals surface area contributed by atoms with Crippen LogP contribution in [0.2, 0.25) is 0 Å². The number of methoxy groups -OCH3 is 1. The van der Waals surface area contributed by atoms with Crippen molar-refractivity contribution in [2.75, 3.05) is 20.8 Å². The molecule has 0 saturated heterocycles. The summed E-state index contributed by atoms with van der Waals surface area (Å²) in [7, 11) is 3.50. The summed E-state index contributed by atoms with van der Waals surface area (Å²) in [5.74, 6) is 1.64. The van der Waals surface area contributed by atoms with E-state index in [-0.39, 0.29) is 12.6 Å². The van der Waals surface area contributed by atoms with Crippen molar-refractivity contribution in [3.05, 3.63) is 30.2 Å². The summed E-state index contributed by atoms with van der Waals surface area (Å²) in [5, 5.41) is 17.2. The molecule has 1 aromatic heterocycles. The molecule has 0 amide bonds. The van der Waals surface area contributed by atoms with Gasteiger partial charge in [0.05, 0.1) is 25.8 Å². The fourth-order valence-corrected chi connectivity index (χ4v) is 1.76. The molecule has 1 aromatic carbocycles. The lowest BCUT2D eigenvalue weighted by molar-refractivity contribution is 0.145. The van der Waals surface area contributed by atoms with Crippen LogP contribution in [0, 0.1) is 0 Å². The first kappa shape index (κ1) is 14.5. The van der Waals surface area contributed by atoms with Crippen molar-refractivity contribution in [2.24, 2.45) is 0 Å². The number of hydrogen-bond acceptors (Lipinski definition) is 6. The van der Waals surface area contributed by atoms with Gasteiger partial charge >= 0.3 is 0 Å². The fourth-order valence-electron chi connectivity index (χ4n) is 1.76. The first-order valence-corrected chi connectivity index (χ1v) is 6.42. The second kappa shape index (κ2) is 6.49.